The van der Waals surface area contributed by atoms with E-state index < -0.39 is 15.3 Å². The van der Waals surface area contributed by atoms with Crippen molar-refractivity contribution in [3.05, 3.63) is 15.3 Å². The number of rotatable bonds is 0. The molecule has 0 atom stereocenters. The van der Waals surface area contributed by atoms with Crippen molar-refractivity contribution >= 4 is 37.7 Å². The summed E-state index contributed by atoms with van der Waals surface area (Å²) in [5.41, 5.74) is 0. The summed E-state index contributed by atoms with van der Waals surface area (Å²) in [7, 11) is -4.94. The predicted molar refractivity (Wildman–Crippen MR) is 16.1 cm³/mol. The van der Waals surface area contributed by atoms with E-state index in [1.807, 2.05) is 0 Å². The van der Waals surface area contributed by atoms with Gasteiger partial charge in [0, 0.05) is 0 Å². The summed E-state index contributed by atoms with van der Waals surface area (Å²) in [6, 6.07) is 0. The summed E-state index contributed by atoms with van der Waals surface area (Å²) < 4.78 is 34.0. The topological polar surface area (TPSA) is 158 Å². The molecule has 0 fully saturated rings. The number of halogens is 1. The van der Waals surface area contributed by atoms with Crippen molar-refractivity contribution in [2.45, 2.75) is 0 Å². The van der Waals surface area contributed by atoms with Crippen LogP contribution in [0.3, 0.4) is 0 Å². The second-order valence-corrected chi connectivity index (χ2v) is 1.36. The molecule has 0 aliphatic carbocycles. The van der Waals surface area contributed by atoms with E-state index >= 15 is 0 Å². The number of hydrogen-bond acceptors (Lipinski definition) is 7. The Bertz CT molecular complexity index is 76.1. The molecule has 0 rings (SSSR count). The van der Waals surface area contributed by atoms with E-state index in [1.54, 1.807) is 0 Å². The second-order valence-electron chi connectivity index (χ2n) is 0.602. The van der Waals surface area contributed by atoms with Crippen molar-refractivity contribution in [2.24, 2.45) is 0 Å². The zero-order valence-electron chi connectivity index (χ0n) is 4.39. The fourth-order valence-electron chi connectivity index (χ4n) is 0. The summed E-state index contributed by atoms with van der Waals surface area (Å²) in [4.78, 5) is 8.25. The average Bonchev–Trinajstić information content (AvgIpc) is 1.19. The number of nitrogens with zero attached hydrogens (tertiary/aromatic N) is 1. The van der Waals surface area contributed by atoms with Crippen LogP contribution in [0.15, 0.2) is 0 Å². The minimum atomic E-state index is -4.94. The monoisotopic (exact) mass is 201 g/mol. The van der Waals surface area contributed by atoms with E-state index in [-0.39, 0.29) is 37.7 Å². The normalized spacial score (nSPS) is 8.40. The van der Waals surface area contributed by atoms with Gasteiger partial charge in [-0.25, -0.2) is 18.6 Å². The Hall–Kier alpha value is 0.590. The molecule has 0 aliphatic rings. The molecule has 0 aromatic rings. The molecule has 0 radical (unpaired) electrons. The molecule has 0 aromatic carbocycles. The van der Waals surface area contributed by atoms with Gasteiger partial charge in [-0.05, 0) is 0 Å². The van der Waals surface area contributed by atoms with Crippen molar-refractivity contribution in [1.82, 2.24) is 0 Å². The van der Waals surface area contributed by atoms with Crippen molar-refractivity contribution in [2.75, 3.05) is 0 Å². The Morgan fingerprint density at radius 2 is 1.00 bits per heavy atom. The van der Waals surface area contributed by atoms with Crippen molar-refractivity contribution in [1.29, 1.82) is 0 Å². The van der Waals surface area contributed by atoms with Gasteiger partial charge in [-0.3, -0.25) is 0 Å². The summed E-state index contributed by atoms with van der Waals surface area (Å²) in [5.74, 6) is 0. The molecule has 0 unspecified atom stereocenters. The van der Waals surface area contributed by atoms with Gasteiger partial charge in [-0.2, -0.15) is 0 Å². The molecule has 0 aliphatic heterocycles. The first-order valence-electron chi connectivity index (χ1n) is 1.16. The second kappa shape index (κ2) is 7.69. The Morgan fingerprint density at radius 3 is 1.00 bits per heavy atom. The summed E-state index contributed by atoms with van der Waals surface area (Å²) >= 11 is 0. The van der Waals surface area contributed by atoms with E-state index in [2.05, 4.69) is 0 Å². The third-order valence-corrected chi connectivity index (χ3v) is 0. The molecule has 0 N–H and O–H groups in total. The molecular weight excluding hydrogens is 202 g/mol. The fourth-order valence-corrected chi connectivity index (χ4v) is 0. The smallest absolute Gasteiger partial charge is 0.356 e. The molecule has 0 amide bonds. The SMILES string of the molecule is O=[N+]([O-])[O-].[Ca+2].[O-][Cl+3]([O-])([O-])[O-]. The first-order chi connectivity index (χ1) is 3.73. The maximum Gasteiger partial charge on any atom is 2.00 e. The summed E-state index contributed by atoms with van der Waals surface area (Å²) in [6.45, 7) is 0. The minimum Gasteiger partial charge on any atom is -0.356 e. The number of hydrogen-bond donors (Lipinski definition) is 0. The molecule has 0 aromatic heterocycles. The van der Waals surface area contributed by atoms with E-state index in [0.29, 0.717) is 0 Å². The van der Waals surface area contributed by atoms with E-state index in [4.69, 9.17) is 34.0 Å². The van der Waals surface area contributed by atoms with Gasteiger partial charge in [0.05, 0.1) is 5.09 Å². The molecule has 10 heavy (non-hydrogen) atoms. The molecule has 0 spiro atoms. The minimum absolute atomic E-state index is 0. The molecule has 0 bridgehead atoms. The Balaban J connectivity index is -0.0000000910. The average molecular weight is 202 g/mol. The van der Waals surface area contributed by atoms with E-state index in [1.165, 1.54) is 0 Å². The first kappa shape index (κ1) is 16.9. The third kappa shape index (κ3) is 1420. The van der Waals surface area contributed by atoms with Crippen LogP contribution in [-0.2, 0) is 0 Å². The molecular formula is CaClNO7. The van der Waals surface area contributed by atoms with Gasteiger partial charge in [0.1, 0.15) is 0 Å². The molecule has 0 saturated carbocycles. The van der Waals surface area contributed by atoms with Crippen LogP contribution in [0.5, 0.6) is 0 Å². The van der Waals surface area contributed by atoms with Crippen LogP contribution >= 0.6 is 0 Å². The molecule has 10 heteroatoms. The van der Waals surface area contributed by atoms with Crippen molar-refractivity contribution in [3.63, 3.8) is 0 Å². The quantitative estimate of drug-likeness (QED) is 0.215. The Labute approximate surface area is 86.5 Å². The molecule has 8 nitrogen and oxygen atoms in total. The van der Waals surface area contributed by atoms with E-state index in [9.17, 15) is 0 Å². The van der Waals surface area contributed by atoms with Crippen LogP contribution in [0.2, 0.25) is 0 Å². The summed E-state index contributed by atoms with van der Waals surface area (Å²) in [6.07, 6.45) is 0. The fraction of sp³-hybridized carbons (Fsp3) is 0. The molecule has 0 heterocycles. The summed E-state index contributed by atoms with van der Waals surface area (Å²) in [5, 5.41) is 14.8. The molecule has 0 saturated heterocycles. The van der Waals surface area contributed by atoms with Gasteiger partial charge < -0.3 is 15.3 Å². The first-order valence-corrected chi connectivity index (χ1v) is 2.40. The van der Waals surface area contributed by atoms with Crippen LogP contribution in [0, 0.1) is 25.6 Å². The van der Waals surface area contributed by atoms with Gasteiger partial charge in [0.25, 0.3) is 0 Å². The van der Waals surface area contributed by atoms with Gasteiger partial charge >= 0.3 is 37.7 Å². The maximum absolute atomic E-state index is 8.49. The van der Waals surface area contributed by atoms with Crippen LogP contribution in [0.4, 0.5) is 0 Å². The molecule has 56 valence electrons. The van der Waals surface area contributed by atoms with Crippen LogP contribution in [-0.4, -0.2) is 42.8 Å². The largest absolute Gasteiger partial charge is 2.00 e. The van der Waals surface area contributed by atoms with Gasteiger partial charge in [0.15, 0.2) is 0 Å². The van der Waals surface area contributed by atoms with Crippen molar-refractivity contribution < 1.29 is 34.0 Å². The van der Waals surface area contributed by atoms with Crippen LogP contribution < -0.4 is 18.6 Å². The Morgan fingerprint density at radius 1 is 1.00 bits per heavy atom. The Kier molecular flexibility index (Phi) is 13.0. The zero-order valence-corrected chi connectivity index (χ0v) is 7.35. The van der Waals surface area contributed by atoms with Gasteiger partial charge in [-0.1, -0.05) is 0 Å². The third-order valence-electron chi connectivity index (χ3n) is 0. The van der Waals surface area contributed by atoms with Crippen LogP contribution in [0.25, 0.3) is 0 Å². The maximum atomic E-state index is 8.49. The van der Waals surface area contributed by atoms with Crippen molar-refractivity contribution in [3.8, 4) is 0 Å². The van der Waals surface area contributed by atoms with Gasteiger partial charge in [-0.15, -0.1) is 10.2 Å². The van der Waals surface area contributed by atoms with E-state index in [0.717, 1.165) is 0 Å². The van der Waals surface area contributed by atoms with Gasteiger partial charge in [0.2, 0.25) is 0 Å². The van der Waals surface area contributed by atoms with Crippen LogP contribution in [0.1, 0.15) is 0 Å². The predicted octanol–water partition coefficient (Wildman–Crippen LogP) is -5.38. The standard InChI is InChI=1S/Ca.ClHO4.NO3/c;2-1(3,4)5;2-1(3)4/h;(H,2,3,4,5);/q+2;;-1/p-1. The zero-order chi connectivity index (χ0) is 8.08.